The molecule has 1 saturated heterocycles. The van der Waals surface area contributed by atoms with Crippen LogP contribution < -0.4 is 14.8 Å². The van der Waals surface area contributed by atoms with Crippen molar-refractivity contribution in [2.75, 3.05) is 32.8 Å². The molecule has 2 aliphatic heterocycles. The Hall–Kier alpha value is -2.24. The summed E-state index contributed by atoms with van der Waals surface area (Å²) in [7, 11) is 0. The molecule has 2 aliphatic rings. The topological polar surface area (TPSA) is 50.8 Å². The van der Waals surface area contributed by atoms with Crippen LogP contribution in [0.4, 0.5) is 0 Å². The largest absolute Gasteiger partial charge is 0.489 e. The van der Waals surface area contributed by atoms with E-state index < -0.39 is 0 Å². The van der Waals surface area contributed by atoms with Gasteiger partial charge in [-0.3, -0.25) is 9.69 Å². The first-order valence-electron chi connectivity index (χ1n) is 10.8. The quantitative estimate of drug-likeness (QED) is 0.753. The first-order chi connectivity index (χ1) is 14.7. The van der Waals surface area contributed by atoms with Crippen molar-refractivity contribution in [2.24, 2.45) is 5.92 Å². The molecule has 1 fully saturated rings. The van der Waals surface area contributed by atoms with Crippen LogP contribution >= 0.6 is 11.6 Å². The first kappa shape index (κ1) is 21.0. The van der Waals surface area contributed by atoms with E-state index in [-0.39, 0.29) is 12.3 Å². The third-order valence-corrected chi connectivity index (χ3v) is 5.95. The Morgan fingerprint density at radius 3 is 2.80 bits per heavy atom. The number of rotatable bonds is 6. The number of piperidine rings is 1. The van der Waals surface area contributed by atoms with Gasteiger partial charge in [0.25, 0.3) is 0 Å². The molecule has 1 atom stereocenters. The van der Waals surface area contributed by atoms with Crippen molar-refractivity contribution in [3.63, 3.8) is 0 Å². The van der Waals surface area contributed by atoms with E-state index in [1.165, 1.54) is 12.0 Å². The fourth-order valence-corrected chi connectivity index (χ4v) is 4.48. The van der Waals surface area contributed by atoms with Crippen LogP contribution in [0.25, 0.3) is 0 Å². The van der Waals surface area contributed by atoms with E-state index >= 15 is 0 Å². The molecule has 0 saturated carbocycles. The lowest BCUT2D eigenvalue weighted by molar-refractivity contribution is -0.120. The highest BCUT2D eigenvalue weighted by molar-refractivity contribution is 6.32. The van der Waals surface area contributed by atoms with E-state index in [4.69, 9.17) is 21.1 Å². The van der Waals surface area contributed by atoms with Crippen LogP contribution in [-0.2, 0) is 17.8 Å². The van der Waals surface area contributed by atoms with Crippen molar-refractivity contribution in [2.45, 2.75) is 32.2 Å². The molecular weight excluding hydrogens is 400 g/mol. The molecule has 4 rings (SSSR count). The lowest BCUT2D eigenvalue weighted by Crippen LogP contribution is -2.40. The number of hydrogen-bond donors (Lipinski definition) is 1. The fraction of sp³-hybridized carbons (Fsp3) is 0.458. The van der Waals surface area contributed by atoms with Gasteiger partial charge in [-0.2, -0.15) is 0 Å². The van der Waals surface area contributed by atoms with Gasteiger partial charge in [0, 0.05) is 26.1 Å². The Balaban J connectivity index is 1.27. The van der Waals surface area contributed by atoms with Crippen LogP contribution in [0.5, 0.6) is 11.5 Å². The van der Waals surface area contributed by atoms with Gasteiger partial charge in [-0.05, 0) is 48.6 Å². The minimum absolute atomic E-state index is 0.0146. The predicted molar refractivity (Wildman–Crippen MR) is 118 cm³/mol. The third kappa shape index (κ3) is 5.67. The molecule has 6 heteroatoms. The molecule has 0 aromatic heterocycles. The zero-order valence-corrected chi connectivity index (χ0v) is 18.0. The van der Waals surface area contributed by atoms with Crippen molar-refractivity contribution in [1.29, 1.82) is 0 Å². The number of amides is 1. The zero-order chi connectivity index (χ0) is 20.8. The first-order valence-corrected chi connectivity index (χ1v) is 11.2. The van der Waals surface area contributed by atoms with Crippen LogP contribution in [-0.4, -0.2) is 43.7 Å². The number of nitrogens with zero attached hydrogens (tertiary/aromatic N) is 1. The molecule has 2 aromatic carbocycles. The Morgan fingerprint density at radius 2 is 1.93 bits per heavy atom. The number of ether oxygens (including phenoxy) is 2. The van der Waals surface area contributed by atoms with Gasteiger partial charge in [0.15, 0.2) is 11.5 Å². The maximum Gasteiger partial charge on any atom is 0.224 e. The summed E-state index contributed by atoms with van der Waals surface area (Å²) >= 11 is 6.34. The number of hydrogen-bond acceptors (Lipinski definition) is 4. The molecule has 1 amide bonds. The summed E-state index contributed by atoms with van der Waals surface area (Å²) in [5.74, 6) is 1.71. The second kappa shape index (κ2) is 10.2. The molecule has 1 N–H and O–H groups in total. The van der Waals surface area contributed by atoms with Crippen LogP contribution in [0.3, 0.4) is 0 Å². The van der Waals surface area contributed by atoms with Gasteiger partial charge in [-0.25, -0.2) is 0 Å². The molecule has 0 radical (unpaired) electrons. The summed E-state index contributed by atoms with van der Waals surface area (Å²) in [4.78, 5) is 15.0. The Bertz CT molecular complexity index is 859. The van der Waals surface area contributed by atoms with E-state index in [0.29, 0.717) is 42.2 Å². The summed E-state index contributed by atoms with van der Waals surface area (Å²) in [5.41, 5.74) is 2.18. The maximum atomic E-state index is 12.5. The Kier molecular flexibility index (Phi) is 7.13. The minimum atomic E-state index is 0.0146. The summed E-state index contributed by atoms with van der Waals surface area (Å²) < 4.78 is 11.4. The number of fused-ring (bicyclic) bond motifs is 1. The Labute approximate surface area is 183 Å². The highest BCUT2D eigenvalue weighted by Gasteiger charge is 2.21. The number of carbonyl (C=O) groups excluding carboxylic acids is 1. The van der Waals surface area contributed by atoms with Crippen LogP contribution in [0.1, 0.15) is 30.4 Å². The molecule has 30 heavy (non-hydrogen) atoms. The van der Waals surface area contributed by atoms with E-state index in [2.05, 4.69) is 40.5 Å². The molecule has 0 spiro atoms. The molecule has 0 aliphatic carbocycles. The van der Waals surface area contributed by atoms with Crippen molar-refractivity contribution >= 4 is 17.5 Å². The number of benzene rings is 2. The lowest BCUT2D eigenvalue weighted by atomic mass is 9.97. The summed E-state index contributed by atoms with van der Waals surface area (Å²) in [6.45, 7) is 5.01. The second-order valence-electron chi connectivity index (χ2n) is 8.17. The number of nitrogens with one attached hydrogen (secondary N) is 1. The average molecular weight is 429 g/mol. The molecule has 2 aromatic rings. The van der Waals surface area contributed by atoms with Gasteiger partial charge in [-0.15, -0.1) is 0 Å². The average Bonchev–Trinajstić information content (AvgIpc) is 2.99. The maximum absolute atomic E-state index is 12.5. The lowest BCUT2D eigenvalue weighted by Gasteiger charge is -2.32. The summed E-state index contributed by atoms with van der Waals surface area (Å²) in [6.07, 6.45) is 3.44. The van der Waals surface area contributed by atoms with E-state index in [1.54, 1.807) is 6.07 Å². The number of likely N-dealkylation sites (tertiary alicyclic amines) is 1. The molecule has 5 nitrogen and oxygen atoms in total. The van der Waals surface area contributed by atoms with Crippen molar-refractivity contribution in [3.8, 4) is 11.5 Å². The van der Waals surface area contributed by atoms with Crippen LogP contribution in [0.15, 0.2) is 42.5 Å². The SMILES string of the molecule is O=C(Cc1cc(Cl)c2c(c1)OCCCO2)NCC1CCCN(Cc2ccccc2)C1. The van der Waals surface area contributed by atoms with Crippen LogP contribution in [0, 0.1) is 5.92 Å². The van der Waals surface area contributed by atoms with E-state index in [9.17, 15) is 4.79 Å². The normalized spacial score (nSPS) is 19.2. The van der Waals surface area contributed by atoms with Gasteiger partial charge in [0.1, 0.15) is 0 Å². The third-order valence-electron chi connectivity index (χ3n) is 5.67. The van der Waals surface area contributed by atoms with Gasteiger partial charge in [0.2, 0.25) is 5.91 Å². The molecule has 0 bridgehead atoms. The van der Waals surface area contributed by atoms with Gasteiger partial charge in [0.05, 0.1) is 24.7 Å². The van der Waals surface area contributed by atoms with E-state index in [1.807, 2.05) is 6.07 Å². The zero-order valence-electron chi connectivity index (χ0n) is 17.2. The molecular formula is C24H29ClN2O3. The number of carbonyl (C=O) groups is 1. The van der Waals surface area contributed by atoms with Gasteiger partial charge in [-0.1, -0.05) is 41.9 Å². The van der Waals surface area contributed by atoms with Crippen LogP contribution in [0.2, 0.25) is 5.02 Å². The fourth-order valence-electron chi connectivity index (χ4n) is 4.20. The monoisotopic (exact) mass is 428 g/mol. The summed E-state index contributed by atoms with van der Waals surface area (Å²) in [6, 6.07) is 14.2. The standard InChI is InChI=1S/C24H29ClN2O3/c25-21-12-20(13-22-24(21)30-11-5-10-29-22)14-23(28)26-15-19-8-4-9-27(17-19)16-18-6-2-1-3-7-18/h1-3,6-7,12-13,19H,4-5,8-11,14-17H2,(H,26,28). The highest BCUT2D eigenvalue weighted by Crippen LogP contribution is 2.38. The molecule has 2 heterocycles. The highest BCUT2D eigenvalue weighted by atomic mass is 35.5. The van der Waals surface area contributed by atoms with E-state index in [0.717, 1.165) is 38.0 Å². The van der Waals surface area contributed by atoms with Gasteiger partial charge < -0.3 is 14.8 Å². The van der Waals surface area contributed by atoms with Gasteiger partial charge >= 0.3 is 0 Å². The second-order valence-corrected chi connectivity index (χ2v) is 8.57. The molecule has 1 unspecified atom stereocenters. The Morgan fingerprint density at radius 1 is 1.10 bits per heavy atom. The smallest absolute Gasteiger partial charge is 0.224 e. The van der Waals surface area contributed by atoms with Crippen molar-refractivity contribution < 1.29 is 14.3 Å². The minimum Gasteiger partial charge on any atom is -0.489 e. The van der Waals surface area contributed by atoms with Crippen molar-refractivity contribution in [1.82, 2.24) is 10.2 Å². The summed E-state index contributed by atoms with van der Waals surface area (Å²) in [5, 5.41) is 3.62. The molecule has 160 valence electrons. The van der Waals surface area contributed by atoms with Crippen molar-refractivity contribution in [3.05, 3.63) is 58.6 Å². The predicted octanol–water partition coefficient (Wildman–Crippen LogP) is 4.07. The number of halogens is 1.